The first-order chi connectivity index (χ1) is 15.0. The maximum Gasteiger partial charge on any atom is 0.341 e. The fraction of sp³-hybridized carbons (Fsp3) is 0.200. The SMILES string of the molecule is CCOC(=O)c1c(-c2ccc(C)cc2)csc1NC(=O)Cc1cn(C)c2ccccc12. The molecular weight excluding hydrogens is 408 g/mol. The maximum atomic E-state index is 12.9. The molecule has 0 aliphatic carbocycles. The van der Waals surface area contributed by atoms with Gasteiger partial charge in [0.1, 0.15) is 10.6 Å². The smallest absolute Gasteiger partial charge is 0.341 e. The summed E-state index contributed by atoms with van der Waals surface area (Å²) in [6.45, 7) is 4.06. The van der Waals surface area contributed by atoms with Crippen molar-refractivity contribution in [2.45, 2.75) is 20.3 Å². The summed E-state index contributed by atoms with van der Waals surface area (Å²) in [5.74, 6) is -0.598. The highest BCUT2D eigenvalue weighted by Gasteiger charge is 2.23. The number of nitrogens with one attached hydrogen (secondary N) is 1. The van der Waals surface area contributed by atoms with Crippen molar-refractivity contribution in [3.05, 3.63) is 76.8 Å². The van der Waals surface area contributed by atoms with E-state index in [2.05, 4.69) is 5.32 Å². The number of para-hydroxylation sites is 1. The molecule has 2 heterocycles. The van der Waals surface area contributed by atoms with Gasteiger partial charge in [-0.3, -0.25) is 4.79 Å². The molecule has 0 atom stereocenters. The number of hydrogen-bond donors (Lipinski definition) is 1. The van der Waals surface area contributed by atoms with Gasteiger partial charge in [0.05, 0.1) is 13.0 Å². The van der Waals surface area contributed by atoms with E-state index in [1.54, 1.807) is 6.92 Å². The van der Waals surface area contributed by atoms with E-state index in [0.717, 1.165) is 33.2 Å². The van der Waals surface area contributed by atoms with E-state index < -0.39 is 5.97 Å². The second-order valence-electron chi connectivity index (χ2n) is 7.45. The van der Waals surface area contributed by atoms with Crippen LogP contribution >= 0.6 is 11.3 Å². The Bertz CT molecular complexity index is 1250. The first kappa shape index (κ1) is 20.9. The lowest BCUT2D eigenvalue weighted by Gasteiger charge is -2.09. The molecule has 0 aliphatic rings. The summed E-state index contributed by atoms with van der Waals surface area (Å²) >= 11 is 1.34. The summed E-state index contributed by atoms with van der Waals surface area (Å²) in [6, 6.07) is 15.9. The highest BCUT2D eigenvalue weighted by molar-refractivity contribution is 7.15. The number of aromatic nitrogens is 1. The molecule has 6 heteroatoms. The number of aryl methyl sites for hydroxylation is 2. The van der Waals surface area contributed by atoms with Crippen LogP contribution in [0.4, 0.5) is 5.00 Å². The van der Waals surface area contributed by atoms with Crippen molar-refractivity contribution in [2.75, 3.05) is 11.9 Å². The predicted octanol–water partition coefficient (Wildman–Crippen LogP) is 5.57. The monoisotopic (exact) mass is 432 g/mol. The Morgan fingerprint density at radius 2 is 1.84 bits per heavy atom. The van der Waals surface area contributed by atoms with Crippen molar-refractivity contribution in [1.29, 1.82) is 0 Å². The van der Waals surface area contributed by atoms with E-state index in [9.17, 15) is 9.59 Å². The molecule has 1 N–H and O–H groups in total. The molecule has 2 aromatic heterocycles. The van der Waals surface area contributed by atoms with Crippen LogP contribution in [0.25, 0.3) is 22.0 Å². The van der Waals surface area contributed by atoms with E-state index in [0.29, 0.717) is 10.6 Å². The van der Waals surface area contributed by atoms with E-state index in [4.69, 9.17) is 4.74 Å². The van der Waals surface area contributed by atoms with Crippen molar-refractivity contribution in [3.8, 4) is 11.1 Å². The van der Waals surface area contributed by atoms with Crippen LogP contribution in [-0.4, -0.2) is 23.1 Å². The highest BCUT2D eigenvalue weighted by Crippen LogP contribution is 2.36. The molecule has 0 radical (unpaired) electrons. The number of carbonyl (C=O) groups is 2. The van der Waals surface area contributed by atoms with Crippen molar-refractivity contribution in [3.63, 3.8) is 0 Å². The molecule has 0 unspecified atom stereocenters. The van der Waals surface area contributed by atoms with Crippen molar-refractivity contribution < 1.29 is 14.3 Å². The third kappa shape index (κ3) is 4.25. The minimum Gasteiger partial charge on any atom is -0.462 e. The number of ether oxygens (including phenoxy) is 1. The zero-order valence-electron chi connectivity index (χ0n) is 17.8. The quantitative estimate of drug-likeness (QED) is 0.405. The van der Waals surface area contributed by atoms with Gasteiger partial charge < -0.3 is 14.6 Å². The third-order valence-electron chi connectivity index (χ3n) is 5.22. The average molecular weight is 433 g/mol. The van der Waals surface area contributed by atoms with Crippen LogP contribution in [0, 0.1) is 6.92 Å². The molecule has 4 rings (SSSR count). The molecule has 0 saturated heterocycles. The van der Waals surface area contributed by atoms with Crippen molar-refractivity contribution >= 4 is 39.1 Å². The Morgan fingerprint density at radius 3 is 2.58 bits per heavy atom. The van der Waals surface area contributed by atoms with Gasteiger partial charge in [0.15, 0.2) is 0 Å². The average Bonchev–Trinajstić information content (AvgIpc) is 3.30. The van der Waals surface area contributed by atoms with Gasteiger partial charge in [0.2, 0.25) is 5.91 Å². The molecule has 0 aliphatic heterocycles. The van der Waals surface area contributed by atoms with E-state index in [-0.39, 0.29) is 18.9 Å². The third-order valence-corrected chi connectivity index (χ3v) is 6.11. The summed E-state index contributed by atoms with van der Waals surface area (Å²) in [5, 5.41) is 6.40. The molecule has 31 heavy (non-hydrogen) atoms. The Morgan fingerprint density at radius 1 is 1.10 bits per heavy atom. The highest BCUT2D eigenvalue weighted by atomic mass is 32.1. The second kappa shape index (κ2) is 8.78. The lowest BCUT2D eigenvalue weighted by atomic mass is 10.0. The number of fused-ring (bicyclic) bond motifs is 1. The molecule has 0 saturated carbocycles. The van der Waals surface area contributed by atoms with Gasteiger partial charge >= 0.3 is 5.97 Å². The molecule has 2 aromatic carbocycles. The summed E-state index contributed by atoms with van der Waals surface area (Å²) < 4.78 is 7.30. The zero-order valence-corrected chi connectivity index (χ0v) is 18.6. The van der Waals surface area contributed by atoms with Crippen LogP contribution in [0.1, 0.15) is 28.4 Å². The Hall–Kier alpha value is -3.38. The second-order valence-corrected chi connectivity index (χ2v) is 8.33. The number of amides is 1. The van der Waals surface area contributed by atoms with Crippen LogP contribution in [-0.2, 0) is 23.0 Å². The fourth-order valence-corrected chi connectivity index (χ4v) is 4.69. The van der Waals surface area contributed by atoms with Crippen molar-refractivity contribution in [2.24, 2.45) is 7.05 Å². The summed E-state index contributed by atoms with van der Waals surface area (Å²) in [4.78, 5) is 25.6. The number of benzene rings is 2. The number of anilines is 1. The van der Waals surface area contributed by atoms with E-state index in [1.807, 2.05) is 78.6 Å². The minimum atomic E-state index is -0.431. The number of nitrogens with zero attached hydrogens (tertiary/aromatic N) is 1. The van der Waals surface area contributed by atoms with E-state index in [1.165, 1.54) is 11.3 Å². The lowest BCUT2D eigenvalue weighted by molar-refractivity contribution is -0.115. The van der Waals surface area contributed by atoms with Crippen LogP contribution in [0.2, 0.25) is 0 Å². The number of carbonyl (C=O) groups excluding carboxylic acids is 2. The van der Waals surface area contributed by atoms with Gasteiger partial charge in [-0.15, -0.1) is 11.3 Å². The van der Waals surface area contributed by atoms with Crippen LogP contribution in [0.3, 0.4) is 0 Å². The Kier molecular flexibility index (Phi) is 5.91. The largest absolute Gasteiger partial charge is 0.462 e. The summed E-state index contributed by atoms with van der Waals surface area (Å²) in [6.07, 6.45) is 2.20. The fourth-order valence-electron chi connectivity index (χ4n) is 3.71. The molecule has 0 spiro atoms. The predicted molar refractivity (Wildman–Crippen MR) is 126 cm³/mol. The topological polar surface area (TPSA) is 60.3 Å². The van der Waals surface area contributed by atoms with Crippen molar-refractivity contribution in [1.82, 2.24) is 4.57 Å². The molecular formula is C25H24N2O3S. The van der Waals surface area contributed by atoms with Gasteiger partial charge in [-0.1, -0.05) is 48.0 Å². The molecule has 158 valence electrons. The Balaban J connectivity index is 1.63. The van der Waals surface area contributed by atoms with Crippen LogP contribution in [0.5, 0.6) is 0 Å². The van der Waals surface area contributed by atoms with Crippen LogP contribution in [0.15, 0.2) is 60.1 Å². The zero-order chi connectivity index (χ0) is 22.0. The van der Waals surface area contributed by atoms with Crippen LogP contribution < -0.4 is 5.32 Å². The first-order valence-electron chi connectivity index (χ1n) is 10.2. The number of hydrogen-bond acceptors (Lipinski definition) is 4. The minimum absolute atomic E-state index is 0.167. The molecule has 5 nitrogen and oxygen atoms in total. The number of esters is 1. The van der Waals surface area contributed by atoms with Gasteiger partial charge in [-0.05, 0) is 31.0 Å². The summed E-state index contributed by atoms with van der Waals surface area (Å²) in [7, 11) is 1.97. The molecule has 0 bridgehead atoms. The molecule has 4 aromatic rings. The van der Waals surface area contributed by atoms with Gasteiger partial charge in [-0.25, -0.2) is 4.79 Å². The number of thiophene rings is 1. The first-order valence-corrected chi connectivity index (χ1v) is 11.0. The van der Waals surface area contributed by atoms with E-state index >= 15 is 0 Å². The molecule has 0 fully saturated rings. The lowest BCUT2D eigenvalue weighted by Crippen LogP contribution is -2.16. The van der Waals surface area contributed by atoms with Gasteiger partial charge in [0, 0.05) is 35.1 Å². The molecule has 1 amide bonds. The maximum absolute atomic E-state index is 12.9. The normalized spacial score (nSPS) is 10.9. The standard InChI is InChI=1S/C25H24N2O3S/c1-4-30-25(29)23-20(17-11-9-16(2)10-12-17)15-31-24(23)26-22(28)13-18-14-27(3)21-8-6-5-7-19(18)21/h5-12,14-15H,4,13H2,1-3H3,(H,26,28). The summed E-state index contributed by atoms with van der Waals surface area (Å²) in [5.41, 5.74) is 5.25. The van der Waals surface area contributed by atoms with Gasteiger partial charge in [0.25, 0.3) is 0 Å². The number of rotatable bonds is 6. The van der Waals surface area contributed by atoms with Gasteiger partial charge in [-0.2, -0.15) is 0 Å². The Labute approximate surface area is 185 Å².